The topological polar surface area (TPSA) is 77.0 Å². The molecule has 0 fully saturated rings. The highest BCUT2D eigenvalue weighted by molar-refractivity contribution is 5.73. The van der Waals surface area contributed by atoms with Gasteiger partial charge in [0.1, 0.15) is 6.04 Å². The third-order valence-electron chi connectivity index (χ3n) is 2.39. The van der Waals surface area contributed by atoms with E-state index in [9.17, 15) is 4.79 Å². The first-order valence-electron chi connectivity index (χ1n) is 6.71. The summed E-state index contributed by atoms with van der Waals surface area (Å²) >= 11 is 0. The van der Waals surface area contributed by atoms with Crippen LogP contribution in [0, 0.1) is 0 Å². The van der Waals surface area contributed by atoms with E-state index >= 15 is 0 Å². The largest absolute Gasteiger partial charge is 0.480 e. The number of hydrogen-bond acceptors (Lipinski definition) is 5. The lowest BCUT2D eigenvalue weighted by atomic mass is 10.2. The van der Waals surface area contributed by atoms with Crippen LogP contribution < -0.4 is 5.32 Å². The van der Waals surface area contributed by atoms with Gasteiger partial charge in [0, 0.05) is 33.0 Å². The molecule has 6 nitrogen and oxygen atoms in total. The standard InChI is InChI=1S/C13H27NO5/c1-11(2)14-12(13(15)16)5-8-19-10-9-18-7-4-6-17-3/h11-12,14H,4-10H2,1-3H3,(H,15,16). The molecule has 0 radical (unpaired) electrons. The number of nitrogens with one attached hydrogen (secondary N) is 1. The van der Waals surface area contributed by atoms with E-state index in [4.69, 9.17) is 19.3 Å². The van der Waals surface area contributed by atoms with E-state index < -0.39 is 12.0 Å². The van der Waals surface area contributed by atoms with Crippen LogP contribution >= 0.6 is 0 Å². The molecule has 0 rings (SSSR count). The Labute approximate surface area is 115 Å². The zero-order chi connectivity index (χ0) is 14.5. The van der Waals surface area contributed by atoms with E-state index in [0.717, 1.165) is 6.42 Å². The van der Waals surface area contributed by atoms with Crippen molar-refractivity contribution in [3.63, 3.8) is 0 Å². The molecule has 0 saturated heterocycles. The second kappa shape index (κ2) is 12.3. The molecular formula is C13H27NO5. The number of hydrogen-bond donors (Lipinski definition) is 2. The first-order chi connectivity index (χ1) is 9.07. The molecule has 0 aliphatic heterocycles. The van der Waals surface area contributed by atoms with Gasteiger partial charge < -0.3 is 24.6 Å². The highest BCUT2D eigenvalue weighted by Crippen LogP contribution is 1.96. The third kappa shape index (κ3) is 12.1. The van der Waals surface area contributed by atoms with Crippen LogP contribution in [0.1, 0.15) is 26.7 Å². The molecule has 0 aromatic carbocycles. The molecule has 114 valence electrons. The van der Waals surface area contributed by atoms with Gasteiger partial charge in [-0.1, -0.05) is 13.8 Å². The monoisotopic (exact) mass is 277 g/mol. The summed E-state index contributed by atoms with van der Waals surface area (Å²) in [6, 6.07) is -0.409. The van der Waals surface area contributed by atoms with Crippen molar-refractivity contribution in [1.29, 1.82) is 0 Å². The lowest BCUT2D eigenvalue weighted by Crippen LogP contribution is -2.41. The summed E-state index contributed by atoms with van der Waals surface area (Å²) in [5, 5.41) is 12.0. The summed E-state index contributed by atoms with van der Waals surface area (Å²) in [4.78, 5) is 10.9. The van der Waals surface area contributed by atoms with Gasteiger partial charge in [-0.05, 0) is 12.8 Å². The Morgan fingerprint density at radius 2 is 1.74 bits per heavy atom. The SMILES string of the molecule is COCCCOCCOCCC(NC(C)C)C(=O)O. The number of rotatable bonds is 13. The minimum absolute atomic E-state index is 0.144. The van der Waals surface area contributed by atoms with E-state index in [2.05, 4.69) is 5.32 Å². The fraction of sp³-hybridized carbons (Fsp3) is 0.923. The number of methoxy groups -OCH3 is 1. The van der Waals surface area contributed by atoms with Crippen LogP contribution in [0.25, 0.3) is 0 Å². The summed E-state index contributed by atoms with van der Waals surface area (Å²) in [6.07, 6.45) is 1.33. The lowest BCUT2D eigenvalue weighted by molar-refractivity contribution is -0.140. The molecular weight excluding hydrogens is 250 g/mol. The number of carboxylic acid groups (broad SMARTS) is 1. The van der Waals surface area contributed by atoms with Crippen molar-refractivity contribution in [2.24, 2.45) is 0 Å². The average Bonchev–Trinajstić information content (AvgIpc) is 2.34. The molecule has 0 aliphatic carbocycles. The van der Waals surface area contributed by atoms with Gasteiger partial charge in [0.2, 0.25) is 0 Å². The maximum atomic E-state index is 10.9. The van der Waals surface area contributed by atoms with E-state index in [1.54, 1.807) is 7.11 Å². The predicted octanol–water partition coefficient (Wildman–Crippen LogP) is 0.897. The Hall–Kier alpha value is -0.690. The Balaban J connectivity index is 3.42. The van der Waals surface area contributed by atoms with Crippen LogP contribution in [0.5, 0.6) is 0 Å². The zero-order valence-corrected chi connectivity index (χ0v) is 12.2. The fourth-order valence-electron chi connectivity index (χ4n) is 1.51. The van der Waals surface area contributed by atoms with Crippen molar-refractivity contribution in [3.05, 3.63) is 0 Å². The van der Waals surface area contributed by atoms with Crippen molar-refractivity contribution in [2.75, 3.05) is 40.1 Å². The Morgan fingerprint density at radius 1 is 1.11 bits per heavy atom. The fourth-order valence-corrected chi connectivity index (χ4v) is 1.51. The second-order valence-corrected chi connectivity index (χ2v) is 4.57. The van der Waals surface area contributed by atoms with Crippen molar-refractivity contribution < 1.29 is 24.1 Å². The van der Waals surface area contributed by atoms with E-state index in [1.165, 1.54) is 0 Å². The summed E-state index contributed by atoms with van der Waals surface area (Å²) < 4.78 is 15.6. The second-order valence-electron chi connectivity index (χ2n) is 4.57. The number of carbonyl (C=O) groups is 1. The predicted molar refractivity (Wildman–Crippen MR) is 72.4 cm³/mol. The normalized spacial score (nSPS) is 12.8. The minimum atomic E-state index is -0.840. The van der Waals surface area contributed by atoms with Crippen molar-refractivity contribution in [1.82, 2.24) is 5.32 Å². The molecule has 0 aliphatic rings. The molecule has 0 bridgehead atoms. The van der Waals surface area contributed by atoms with Crippen molar-refractivity contribution >= 4 is 5.97 Å². The van der Waals surface area contributed by atoms with Crippen LogP contribution in [-0.4, -0.2) is 63.3 Å². The number of carboxylic acids is 1. The molecule has 6 heteroatoms. The highest BCUT2D eigenvalue weighted by Gasteiger charge is 2.17. The Bertz CT molecular complexity index is 223. The maximum absolute atomic E-state index is 10.9. The van der Waals surface area contributed by atoms with Gasteiger partial charge in [0.25, 0.3) is 0 Å². The van der Waals surface area contributed by atoms with Gasteiger partial charge in [0.05, 0.1) is 13.2 Å². The van der Waals surface area contributed by atoms with Gasteiger partial charge in [-0.25, -0.2) is 0 Å². The average molecular weight is 277 g/mol. The van der Waals surface area contributed by atoms with E-state index in [-0.39, 0.29) is 6.04 Å². The van der Waals surface area contributed by atoms with E-state index in [0.29, 0.717) is 39.5 Å². The van der Waals surface area contributed by atoms with Crippen LogP contribution in [0.3, 0.4) is 0 Å². The summed E-state index contributed by atoms with van der Waals surface area (Å²) in [5.74, 6) is -0.840. The molecule has 1 atom stereocenters. The van der Waals surface area contributed by atoms with Crippen molar-refractivity contribution in [3.8, 4) is 0 Å². The summed E-state index contributed by atoms with van der Waals surface area (Å²) in [7, 11) is 1.66. The minimum Gasteiger partial charge on any atom is -0.480 e. The molecule has 0 amide bonds. The van der Waals surface area contributed by atoms with Gasteiger partial charge >= 0.3 is 5.97 Å². The van der Waals surface area contributed by atoms with Gasteiger partial charge in [0.15, 0.2) is 0 Å². The van der Waals surface area contributed by atoms with Crippen LogP contribution in [0.2, 0.25) is 0 Å². The van der Waals surface area contributed by atoms with E-state index in [1.807, 2.05) is 13.8 Å². The molecule has 19 heavy (non-hydrogen) atoms. The van der Waals surface area contributed by atoms with Crippen LogP contribution in [-0.2, 0) is 19.0 Å². The van der Waals surface area contributed by atoms with Gasteiger partial charge in [-0.3, -0.25) is 4.79 Å². The highest BCUT2D eigenvalue weighted by atomic mass is 16.5. The molecule has 0 aromatic heterocycles. The molecule has 0 saturated carbocycles. The number of aliphatic carboxylic acids is 1. The lowest BCUT2D eigenvalue weighted by Gasteiger charge is -2.17. The van der Waals surface area contributed by atoms with Gasteiger partial charge in [-0.15, -0.1) is 0 Å². The Kier molecular flexibility index (Phi) is 11.9. The molecule has 0 heterocycles. The third-order valence-corrected chi connectivity index (χ3v) is 2.39. The summed E-state index contributed by atoms with van der Waals surface area (Å²) in [6.45, 7) is 6.62. The van der Waals surface area contributed by atoms with Gasteiger partial charge in [-0.2, -0.15) is 0 Å². The maximum Gasteiger partial charge on any atom is 0.320 e. The summed E-state index contributed by atoms with van der Waals surface area (Å²) in [5.41, 5.74) is 0. The van der Waals surface area contributed by atoms with Crippen LogP contribution in [0.4, 0.5) is 0 Å². The van der Waals surface area contributed by atoms with Crippen molar-refractivity contribution in [2.45, 2.75) is 38.8 Å². The molecule has 0 aromatic rings. The molecule has 0 spiro atoms. The first kappa shape index (κ1) is 18.3. The van der Waals surface area contributed by atoms with Crippen LogP contribution in [0.15, 0.2) is 0 Å². The smallest absolute Gasteiger partial charge is 0.320 e. The number of ether oxygens (including phenoxy) is 3. The molecule has 2 N–H and O–H groups in total. The Morgan fingerprint density at radius 3 is 2.26 bits per heavy atom. The first-order valence-corrected chi connectivity index (χ1v) is 6.71. The quantitative estimate of drug-likeness (QED) is 0.487. The molecule has 1 unspecified atom stereocenters. The zero-order valence-electron chi connectivity index (χ0n) is 12.2.